The minimum absolute atomic E-state index is 0.411. The number of carbonyl (C=O) groups is 1. The lowest BCUT2D eigenvalue weighted by Crippen LogP contribution is -2.48. The number of nitrogens with zero attached hydrogens (tertiary/aromatic N) is 1. The van der Waals surface area contributed by atoms with Crippen LogP contribution in [0.2, 0.25) is 0 Å². The number of morpholine rings is 1. The molecule has 1 aliphatic rings. The highest BCUT2D eigenvalue weighted by atomic mass is 19.3. The summed E-state index contributed by atoms with van der Waals surface area (Å²) in [5, 5.41) is 0. The Labute approximate surface area is 56.6 Å². The fourth-order valence-electron chi connectivity index (χ4n) is 0.687. The maximum Gasteiger partial charge on any atom is 0.373 e. The van der Waals surface area contributed by atoms with Crippen molar-refractivity contribution in [3.63, 3.8) is 0 Å². The van der Waals surface area contributed by atoms with Crippen LogP contribution in [0.5, 0.6) is 0 Å². The molecule has 0 aromatic heterocycles. The number of carbonyl (C=O) groups excluding carboxylic acids is 1. The molecule has 1 heterocycles. The molecule has 1 amide bonds. The first kappa shape index (κ1) is 7.40. The molecule has 0 aromatic rings. The normalized spacial score (nSPS) is 25.1. The number of ether oxygens (including phenoxy) is 1. The number of halogens is 2. The lowest BCUT2D eigenvalue weighted by atomic mass is 10.4. The predicted octanol–water partition coefficient (Wildman–Crippen LogP) is 0.0678. The van der Waals surface area contributed by atoms with Gasteiger partial charge in [0.2, 0.25) is 5.91 Å². The number of rotatable bonds is 0. The van der Waals surface area contributed by atoms with Crippen LogP contribution in [0.25, 0.3) is 0 Å². The Morgan fingerprint density at radius 1 is 1.70 bits per heavy atom. The molecule has 5 heteroatoms. The monoisotopic (exact) mass is 151 g/mol. The summed E-state index contributed by atoms with van der Waals surface area (Å²) in [5.41, 5.74) is 0. The van der Waals surface area contributed by atoms with E-state index >= 15 is 0 Å². The Bertz CT molecular complexity index is 160. The van der Waals surface area contributed by atoms with E-state index in [1.807, 2.05) is 0 Å². The van der Waals surface area contributed by atoms with Gasteiger partial charge < -0.3 is 9.64 Å². The van der Waals surface area contributed by atoms with Gasteiger partial charge in [-0.3, -0.25) is 4.79 Å². The third-order valence-corrected chi connectivity index (χ3v) is 1.25. The van der Waals surface area contributed by atoms with Crippen molar-refractivity contribution >= 4 is 5.91 Å². The fraction of sp³-hybridized carbons (Fsp3) is 0.800. The number of alkyl halides is 2. The molecule has 1 saturated heterocycles. The van der Waals surface area contributed by atoms with Crippen molar-refractivity contribution in [3.8, 4) is 0 Å². The maximum absolute atomic E-state index is 12.2. The SMILES string of the molecule is CN1CC(F)(F)OCC1=O. The Hall–Kier alpha value is -0.710. The molecule has 0 atom stereocenters. The van der Waals surface area contributed by atoms with Crippen LogP contribution < -0.4 is 0 Å². The van der Waals surface area contributed by atoms with Crippen LogP contribution in [0.15, 0.2) is 0 Å². The highest BCUT2D eigenvalue weighted by Gasteiger charge is 2.38. The minimum Gasteiger partial charge on any atom is -0.335 e. The summed E-state index contributed by atoms with van der Waals surface area (Å²) in [5.74, 6) is -0.411. The summed E-state index contributed by atoms with van der Waals surface area (Å²) in [6.45, 7) is -1.17. The Morgan fingerprint density at radius 2 is 2.30 bits per heavy atom. The zero-order valence-electron chi connectivity index (χ0n) is 5.43. The molecule has 3 nitrogen and oxygen atoms in total. The Kier molecular flexibility index (Phi) is 1.60. The molecule has 0 radical (unpaired) electrons. The van der Waals surface area contributed by atoms with E-state index < -0.39 is 25.2 Å². The smallest absolute Gasteiger partial charge is 0.335 e. The summed E-state index contributed by atoms with van der Waals surface area (Å²) in [4.78, 5) is 11.5. The molecule has 1 fully saturated rings. The summed E-state index contributed by atoms with van der Waals surface area (Å²) < 4.78 is 28.3. The van der Waals surface area contributed by atoms with Gasteiger partial charge in [-0.05, 0) is 0 Å². The first-order valence-electron chi connectivity index (χ1n) is 2.77. The molecular weight excluding hydrogens is 144 g/mol. The molecule has 0 aromatic carbocycles. The van der Waals surface area contributed by atoms with Gasteiger partial charge in [-0.1, -0.05) is 0 Å². The Balaban J connectivity index is 2.57. The summed E-state index contributed by atoms with van der Waals surface area (Å²) in [6, 6.07) is 0. The highest BCUT2D eigenvalue weighted by molar-refractivity contribution is 5.77. The molecule has 58 valence electrons. The van der Waals surface area contributed by atoms with Crippen LogP contribution in [0.4, 0.5) is 8.78 Å². The quantitative estimate of drug-likeness (QED) is 0.490. The Morgan fingerprint density at radius 3 is 2.70 bits per heavy atom. The van der Waals surface area contributed by atoms with Crippen LogP contribution in [0.1, 0.15) is 0 Å². The van der Waals surface area contributed by atoms with Crippen molar-refractivity contribution in [3.05, 3.63) is 0 Å². The lowest BCUT2D eigenvalue weighted by molar-refractivity contribution is -0.261. The van der Waals surface area contributed by atoms with Gasteiger partial charge in [0.1, 0.15) is 13.2 Å². The molecule has 0 unspecified atom stereocenters. The summed E-state index contributed by atoms with van der Waals surface area (Å²) in [6.07, 6.45) is -3.16. The molecule has 0 aliphatic carbocycles. The molecule has 1 aliphatic heterocycles. The van der Waals surface area contributed by atoms with Crippen molar-refractivity contribution in [2.75, 3.05) is 20.2 Å². The van der Waals surface area contributed by atoms with Crippen LogP contribution in [0, 0.1) is 0 Å². The molecule has 0 N–H and O–H groups in total. The predicted molar refractivity (Wildman–Crippen MR) is 28.5 cm³/mol. The van der Waals surface area contributed by atoms with Gasteiger partial charge in [-0.15, -0.1) is 0 Å². The zero-order chi connectivity index (χ0) is 7.78. The highest BCUT2D eigenvalue weighted by Crippen LogP contribution is 2.19. The van der Waals surface area contributed by atoms with Gasteiger partial charge in [0.05, 0.1) is 0 Å². The van der Waals surface area contributed by atoms with Crippen LogP contribution in [-0.4, -0.2) is 37.1 Å². The standard InChI is InChI=1S/C5H7F2NO2/c1-8-3-5(6,7)10-2-4(8)9/h2-3H2,1H3. The molecule has 0 saturated carbocycles. The van der Waals surface area contributed by atoms with E-state index in [1.54, 1.807) is 0 Å². The van der Waals surface area contributed by atoms with E-state index in [4.69, 9.17) is 0 Å². The van der Waals surface area contributed by atoms with Crippen molar-refractivity contribution in [1.82, 2.24) is 4.90 Å². The molecule has 0 spiro atoms. The van der Waals surface area contributed by atoms with Gasteiger partial charge in [0.15, 0.2) is 0 Å². The van der Waals surface area contributed by atoms with Gasteiger partial charge in [0.25, 0.3) is 0 Å². The van der Waals surface area contributed by atoms with E-state index in [0.29, 0.717) is 0 Å². The third-order valence-electron chi connectivity index (χ3n) is 1.25. The lowest BCUT2D eigenvalue weighted by Gasteiger charge is -2.28. The van der Waals surface area contributed by atoms with E-state index in [2.05, 4.69) is 4.74 Å². The minimum atomic E-state index is -3.16. The van der Waals surface area contributed by atoms with Crippen LogP contribution in [-0.2, 0) is 9.53 Å². The van der Waals surface area contributed by atoms with Gasteiger partial charge in [-0.2, -0.15) is 8.78 Å². The number of likely N-dealkylation sites (N-methyl/N-ethyl adjacent to an activating group) is 1. The van der Waals surface area contributed by atoms with Gasteiger partial charge in [-0.25, -0.2) is 0 Å². The van der Waals surface area contributed by atoms with Crippen molar-refractivity contribution < 1.29 is 18.3 Å². The van der Waals surface area contributed by atoms with Crippen molar-refractivity contribution in [2.45, 2.75) is 6.11 Å². The number of amides is 1. The van der Waals surface area contributed by atoms with E-state index in [9.17, 15) is 13.6 Å². The van der Waals surface area contributed by atoms with Gasteiger partial charge >= 0.3 is 6.11 Å². The second-order valence-electron chi connectivity index (χ2n) is 2.18. The van der Waals surface area contributed by atoms with E-state index in [0.717, 1.165) is 4.90 Å². The second-order valence-corrected chi connectivity index (χ2v) is 2.18. The zero-order valence-corrected chi connectivity index (χ0v) is 5.43. The topological polar surface area (TPSA) is 29.5 Å². The maximum atomic E-state index is 12.2. The van der Waals surface area contributed by atoms with Crippen LogP contribution in [0.3, 0.4) is 0 Å². The molecule has 10 heavy (non-hydrogen) atoms. The first-order valence-corrected chi connectivity index (χ1v) is 2.77. The van der Waals surface area contributed by atoms with E-state index in [1.165, 1.54) is 7.05 Å². The largest absolute Gasteiger partial charge is 0.373 e. The van der Waals surface area contributed by atoms with E-state index in [-0.39, 0.29) is 0 Å². The molecule has 0 bridgehead atoms. The summed E-state index contributed by atoms with van der Waals surface area (Å²) in [7, 11) is 1.32. The average Bonchev–Trinajstić information content (AvgIpc) is 1.79. The number of hydrogen-bond donors (Lipinski definition) is 0. The van der Waals surface area contributed by atoms with Crippen LogP contribution >= 0.6 is 0 Å². The average molecular weight is 151 g/mol. The third kappa shape index (κ3) is 1.41. The number of hydrogen-bond acceptors (Lipinski definition) is 2. The van der Waals surface area contributed by atoms with Crippen molar-refractivity contribution in [1.29, 1.82) is 0 Å². The fourth-order valence-corrected chi connectivity index (χ4v) is 0.687. The first-order chi connectivity index (χ1) is 4.51. The molecular formula is C5H7F2NO2. The van der Waals surface area contributed by atoms with Gasteiger partial charge in [0, 0.05) is 7.05 Å². The second kappa shape index (κ2) is 2.16. The molecule has 1 rings (SSSR count). The summed E-state index contributed by atoms with van der Waals surface area (Å²) >= 11 is 0. The van der Waals surface area contributed by atoms with Crippen molar-refractivity contribution in [2.24, 2.45) is 0 Å².